The smallest absolute Gasteiger partial charge is 0.329 e. The zero-order chi connectivity index (χ0) is 24.3. The molecular formula is C24H20Cl2N4O4. The van der Waals surface area contributed by atoms with E-state index in [1.165, 1.54) is 12.3 Å². The number of halogens is 2. The van der Waals surface area contributed by atoms with E-state index in [1.807, 2.05) is 30.3 Å². The first-order valence-corrected chi connectivity index (χ1v) is 10.8. The number of para-hydroxylation sites is 1. The molecule has 0 saturated carbocycles. The number of carbonyl (C=O) groups is 3. The summed E-state index contributed by atoms with van der Waals surface area (Å²) in [6.07, 6.45) is 1.32. The Hall–Kier alpha value is -3.88. The number of rotatable bonds is 8. The lowest BCUT2D eigenvalue weighted by Gasteiger charge is -2.10. The zero-order valence-corrected chi connectivity index (χ0v) is 19.3. The van der Waals surface area contributed by atoms with Gasteiger partial charge in [-0.1, -0.05) is 65.7 Å². The second-order valence-electron chi connectivity index (χ2n) is 6.87. The highest BCUT2D eigenvalue weighted by atomic mass is 35.5. The van der Waals surface area contributed by atoms with E-state index in [0.29, 0.717) is 16.3 Å². The predicted octanol–water partition coefficient (Wildman–Crippen LogP) is 3.78. The third kappa shape index (κ3) is 7.61. The number of amides is 3. The molecule has 3 amide bonds. The summed E-state index contributed by atoms with van der Waals surface area (Å²) in [5.41, 5.74) is 4.04. The Morgan fingerprint density at radius 1 is 0.882 bits per heavy atom. The molecule has 0 aliphatic rings. The number of hydrazone groups is 1. The minimum atomic E-state index is -0.900. The van der Waals surface area contributed by atoms with E-state index in [1.54, 1.807) is 36.4 Å². The molecule has 0 aromatic heterocycles. The molecule has 0 aliphatic heterocycles. The van der Waals surface area contributed by atoms with Crippen LogP contribution < -0.4 is 20.8 Å². The number of hydrogen-bond acceptors (Lipinski definition) is 5. The molecule has 0 fully saturated rings. The summed E-state index contributed by atoms with van der Waals surface area (Å²) in [7, 11) is 0. The van der Waals surface area contributed by atoms with Crippen molar-refractivity contribution in [1.29, 1.82) is 0 Å². The van der Waals surface area contributed by atoms with Crippen molar-refractivity contribution in [3.05, 3.63) is 94.0 Å². The third-order valence-corrected chi connectivity index (χ3v) is 4.97. The van der Waals surface area contributed by atoms with Crippen LogP contribution in [0.4, 0.5) is 5.69 Å². The molecule has 3 rings (SSSR count). The molecule has 0 aliphatic carbocycles. The van der Waals surface area contributed by atoms with Gasteiger partial charge in [0.1, 0.15) is 5.75 Å². The van der Waals surface area contributed by atoms with Crippen LogP contribution >= 0.6 is 23.2 Å². The SMILES string of the molecule is O=C(COc1ccc(/C=N\NC(=O)C(=O)NCc2ccccc2)cc1Cl)Nc1ccccc1Cl. The van der Waals surface area contributed by atoms with Crippen LogP contribution in [0.5, 0.6) is 5.75 Å². The Morgan fingerprint density at radius 3 is 2.35 bits per heavy atom. The molecule has 0 bridgehead atoms. The average Bonchev–Trinajstić information content (AvgIpc) is 2.84. The van der Waals surface area contributed by atoms with E-state index >= 15 is 0 Å². The molecule has 0 unspecified atom stereocenters. The van der Waals surface area contributed by atoms with Crippen LogP contribution in [0, 0.1) is 0 Å². The Labute approximate surface area is 205 Å². The van der Waals surface area contributed by atoms with Gasteiger partial charge in [-0.15, -0.1) is 0 Å². The molecule has 10 heteroatoms. The van der Waals surface area contributed by atoms with E-state index in [2.05, 4.69) is 21.2 Å². The Balaban J connectivity index is 1.45. The van der Waals surface area contributed by atoms with Gasteiger partial charge in [0.25, 0.3) is 5.91 Å². The van der Waals surface area contributed by atoms with Crippen LogP contribution in [-0.2, 0) is 20.9 Å². The van der Waals surface area contributed by atoms with Crippen molar-refractivity contribution < 1.29 is 19.1 Å². The molecule has 8 nitrogen and oxygen atoms in total. The van der Waals surface area contributed by atoms with Gasteiger partial charge in [-0.25, -0.2) is 5.43 Å². The Bertz CT molecular complexity index is 1200. The maximum Gasteiger partial charge on any atom is 0.329 e. The second-order valence-corrected chi connectivity index (χ2v) is 7.69. The molecule has 0 spiro atoms. The summed E-state index contributed by atoms with van der Waals surface area (Å²) < 4.78 is 5.45. The fourth-order valence-corrected chi connectivity index (χ4v) is 3.11. The monoisotopic (exact) mass is 498 g/mol. The van der Waals surface area contributed by atoms with Crippen LogP contribution in [0.15, 0.2) is 77.9 Å². The number of benzene rings is 3. The highest BCUT2D eigenvalue weighted by Crippen LogP contribution is 2.25. The van der Waals surface area contributed by atoms with E-state index in [0.717, 1.165) is 5.56 Å². The molecule has 3 N–H and O–H groups in total. The van der Waals surface area contributed by atoms with Crippen molar-refractivity contribution in [2.75, 3.05) is 11.9 Å². The van der Waals surface area contributed by atoms with Crippen LogP contribution in [0.25, 0.3) is 0 Å². The molecular weight excluding hydrogens is 479 g/mol. The highest BCUT2D eigenvalue weighted by molar-refractivity contribution is 6.35. The molecule has 174 valence electrons. The number of nitrogens with one attached hydrogen (secondary N) is 3. The average molecular weight is 499 g/mol. The maximum absolute atomic E-state index is 12.1. The quantitative estimate of drug-likeness (QED) is 0.249. The number of nitrogens with zero attached hydrogens (tertiary/aromatic N) is 1. The van der Waals surface area contributed by atoms with Crippen LogP contribution in [0.1, 0.15) is 11.1 Å². The van der Waals surface area contributed by atoms with Crippen LogP contribution in [0.2, 0.25) is 10.0 Å². The first-order valence-electron chi connectivity index (χ1n) is 10.0. The van der Waals surface area contributed by atoms with Gasteiger partial charge in [0.05, 0.1) is 21.9 Å². The normalized spacial score (nSPS) is 10.5. The number of ether oxygens (including phenoxy) is 1. The van der Waals surface area contributed by atoms with E-state index in [-0.39, 0.29) is 23.9 Å². The lowest BCUT2D eigenvalue weighted by Crippen LogP contribution is -2.37. The number of hydrogen-bond donors (Lipinski definition) is 3. The van der Waals surface area contributed by atoms with Gasteiger partial charge >= 0.3 is 11.8 Å². The van der Waals surface area contributed by atoms with Gasteiger partial charge in [-0.2, -0.15) is 5.10 Å². The summed E-state index contributed by atoms with van der Waals surface area (Å²) in [5.74, 6) is -1.82. The van der Waals surface area contributed by atoms with Crippen LogP contribution in [0.3, 0.4) is 0 Å². The number of carbonyl (C=O) groups excluding carboxylic acids is 3. The fourth-order valence-electron chi connectivity index (χ4n) is 2.68. The maximum atomic E-state index is 12.1. The topological polar surface area (TPSA) is 109 Å². The van der Waals surface area contributed by atoms with Crippen LogP contribution in [-0.4, -0.2) is 30.5 Å². The lowest BCUT2D eigenvalue weighted by molar-refractivity contribution is -0.139. The van der Waals surface area contributed by atoms with Crippen molar-refractivity contribution in [3.63, 3.8) is 0 Å². The molecule has 0 saturated heterocycles. The largest absolute Gasteiger partial charge is 0.482 e. The van der Waals surface area contributed by atoms with E-state index in [4.69, 9.17) is 27.9 Å². The van der Waals surface area contributed by atoms with Crippen molar-refractivity contribution in [2.45, 2.75) is 6.54 Å². The van der Waals surface area contributed by atoms with Gasteiger partial charge in [0.2, 0.25) is 0 Å². The minimum absolute atomic E-state index is 0.226. The summed E-state index contributed by atoms with van der Waals surface area (Å²) >= 11 is 12.2. The fraction of sp³-hybridized carbons (Fsp3) is 0.0833. The summed E-state index contributed by atoms with van der Waals surface area (Å²) in [6, 6.07) is 20.7. The predicted molar refractivity (Wildman–Crippen MR) is 131 cm³/mol. The van der Waals surface area contributed by atoms with Gasteiger partial charge in [-0.3, -0.25) is 14.4 Å². The third-order valence-electron chi connectivity index (χ3n) is 4.34. The molecule has 34 heavy (non-hydrogen) atoms. The van der Waals surface area contributed by atoms with Gasteiger partial charge in [-0.05, 0) is 41.5 Å². The Morgan fingerprint density at radius 2 is 1.62 bits per heavy atom. The van der Waals surface area contributed by atoms with Gasteiger partial charge < -0.3 is 15.4 Å². The summed E-state index contributed by atoms with van der Waals surface area (Å²) in [4.78, 5) is 35.8. The van der Waals surface area contributed by atoms with Crippen molar-refractivity contribution in [2.24, 2.45) is 5.10 Å². The van der Waals surface area contributed by atoms with Crippen molar-refractivity contribution >= 4 is 52.8 Å². The van der Waals surface area contributed by atoms with E-state index < -0.39 is 17.7 Å². The lowest BCUT2D eigenvalue weighted by atomic mass is 10.2. The Kier molecular flexibility index (Phi) is 9.02. The minimum Gasteiger partial charge on any atom is -0.482 e. The van der Waals surface area contributed by atoms with Crippen molar-refractivity contribution in [1.82, 2.24) is 10.7 Å². The summed E-state index contributed by atoms with van der Waals surface area (Å²) in [6.45, 7) is -0.0448. The first-order chi connectivity index (χ1) is 16.4. The zero-order valence-electron chi connectivity index (χ0n) is 17.8. The number of anilines is 1. The molecule has 0 heterocycles. The standard InChI is InChI=1S/C24H20Cl2N4O4/c25-18-8-4-5-9-20(18)29-22(31)15-34-21-11-10-17(12-19(21)26)14-28-30-24(33)23(32)27-13-16-6-2-1-3-7-16/h1-12,14H,13,15H2,(H,27,32)(H,29,31)(H,30,33)/b28-14-. The molecule has 3 aromatic rings. The first kappa shape index (κ1) is 24.8. The summed E-state index contributed by atoms with van der Waals surface area (Å²) in [5, 5.41) is 9.56. The molecule has 0 radical (unpaired) electrons. The van der Waals surface area contributed by atoms with Gasteiger partial charge in [0, 0.05) is 6.54 Å². The van der Waals surface area contributed by atoms with Gasteiger partial charge in [0.15, 0.2) is 6.61 Å². The van der Waals surface area contributed by atoms with E-state index in [9.17, 15) is 14.4 Å². The van der Waals surface area contributed by atoms with Crippen molar-refractivity contribution in [3.8, 4) is 5.75 Å². The second kappa shape index (κ2) is 12.4. The molecule has 0 atom stereocenters. The highest BCUT2D eigenvalue weighted by Gasteiger charge is 2.12. The molecule has 3 aromatic carbocycles.